The minimum atomic E-state index is -0.394. The van der Waals surface area contributed by atoms with Crippen molar-refractivity contribution in [3.63, 3.8) is 0 Å². The molecule has 0 atom stereocenters. The van der Waals surface area contributed by atoms with Gasteiger partial charge in [0.25, 0.3) is 0 Å². The Hall–Kier alpha value is -2.27. The van der Waals surface area contributed by atoms with Gasteiger partial charge in [0.1, 0.15) is 5.82 Å². The first-order valence-corrected chi connectivity index (χ1v) is 6.52. The molecule has 2 rings (SSSR count). The zero-order valence-corrected chi connectivity index (χ0v) is 12.3. The van der Waals surface area contributed by atoms with E-state index in [1.54, 1.807) is 31.3 Å². The second-order valence-electron chi connectivity index (χ2n) is 4.55. The molecule has 108 valence electrons. The highest BCUT2D eigenvalue weighted by atomic mass is 35.5. The molecule has 6 heteroatoms. The average Bonchev–Trinajstić information content (AvgIpc) is 2.44. The van der Waals surface area contributed by atoms with Gasteiger partial charge in [0.05, 0.1) is 11.3 Å². The van der Waals surface area contributed by atoms with Crippen molar-refractivity contribution >= 4 is 23.0 Å². The lowest BCUT2D eigenvalue weighted by Crippen LogP contribution is -2.10. The predicted octanol–water partition coefficient (Wildman–Crippen LogP) is 3.05. The van der Waals surface area contributed by atoms with E-state index in [1.807, 2.05) is 0 Å². The Morgan fingerprint density at radius 1 is 1.24 bits per heavy atom. The van der Waals surface area contributed by atoms with Crippen LogP contribution >= 0.6 is 11.6 Å². The molecule has 0 aliphatic rings. The number of ketones is 1. The van der Waals surface area contributed by atoms with Gasteiger partial charge in [-0.3, -0.25) is 4.79 Å². The topological polar surface area (TPSA) is 46.1 Å². The smallest absolute Gasteiger partial charge is 0.222 e. The van der Waals surface area contributed by atoms with E-state index in [1.165, 1.54) is 30.5 Å². The third-order valence-electron chi connectivity index (χ3n) is 2.64. The number of halogens is 2. The summed E-state index contributed by atoms with van der Waals surface area (Å²) < 4.78 is 13.0. The van der Waals surface area contributed by atoms with Crippen molar-refractivity contribution in [3.8, 4) is 0 Å². The Morgan fingerprint density at radius 2 is 1.90 bits per heavy atom. The van der Waals surface area contributed by atoms with Crippen LogP contribution in [0, 0.1) is 5.82 Å². The fraction of sp³-hybridized carbons (Fsp3) is 0.133. The highest BCUT2D eigenvalue weighted by molar-refractivity contribution is 6.30. The zero-order valence-electron chi connectivity index (χ0n) is 11.5. The minimum Gasteiger partial charge on any atom is -0.383 e. The Balaban J connectivity index is 2.46. The molecule has 1 aromatic heterocycles. The summed E-state index contributed by atoms with van der Waals surface area (Å²) in [5.41, 5.74) is 1.15. The van der Waals surface area contributed by atoms with Crippen LogP contribution in [-0.4, -0.2) is 34.7 Å². The number of benzene rings is 1. The van der Waals surface area contributed by atoms with Gasteiger partial charge in [-0.05, 0) is 41.9 Å². The highest BCUT2D eigenvalue weighted by Gasteiger charge is 2.16. The van der Waals surface area contributed by atoms with Gasteiger partial charge in [-0.15, -0.1) is 0 Å². The molecule has 0 aliphatic heterocycles. The van der Waals surface area contributed by atoms with Gasteiger partial charge in [-0.2, -0.15) is 0 Å². The maximum atomic E-state index is 13.0. The Labute approximate surface area is 126 Å². The van der Waals surface area contributed by atoms with Crippen LogP contribution in [0.5, 0.6) is 0 Å². The predicted molar refractivity (Wildman–Crippen MR) is 79.4 cm³/mol. The lowest BCUT2D eigenvalue weighted by atomic mass is 10.0. The zero-order chi connectivity index (χ0) is 15.4. The van der Waals surface area contributed by atoms with Gasteiger partial charge in [0.15, 0.2) is 5.78 Å². The molecular weight excluding hydrogens is 293 g/mol. The number of hydrogen-bond donors (Lipinski definition) is 0. The van der Waals surface area contributed by atoms with Gasteiger partial charge in [0.2, 0.25) is 5.28 Å². The molecule has 1 heterocycles. The molecule has 0 radical (unpaired) electrons. The van der Waals surface area contributed by atoms with Crippen LogP contribution < -0.4 is 0 Å². The van der Waals surface area contributed by atoms with Crippen LogP contribution in [0.2, 0.25) is 5.28 Å². The summed E-state index contributed by atoms with van der Waals surface area (Å²) in [5, 5.41) is 0.0593. The summed E-state index contributed by atoms with van der Waals surface area (Å²) in [6, 6.07) is 6.96. The second kappa shape index (κ2) is 6.45. The molecule has 0 amide bonds. The SMILES string of the molecule is CN(C)C=C(C(=O)c1ccc(F)cc1)c1ccnc(Cl)n1. The van der Waals surface area contributed by atoms with Gasteiger partial charge in [0, 0.05) is 32.1 Å². The van der Waals surface area contributed by atoms with Crippen LogP contribution in [0.25, 0.3) is 5.57 Å². The number of aromatic nitrogens is 2. The number of rotatable bonds is 4. The summed E-state index contributed by atoms with van der Waals surface area (Å²) in [6.07, 6.45) is 3.12. The molecule has 4 nitrogen and oxygen atoms in total. The van der Waals surface area contributed by atoms with E-state index < -0.39 is 5.82 Å². The van der Waals surface area contributed by atoms with Gasteiger partial charge >= 0.3 is 0 Å². The van der Waals surface area contributed by atoms with Crippen molar-refractivity contribution in [2.45, 2.75) is 0 Å². The Morgan fingerprint density at radius 3 is 2.48 bits per heavy atom. The summed E-state index contributed by atoms with van der Waals surface area (Å²) in [7, 11) is 3.58. The van der Waals surface area contributed by atoms with E-state index in [9.17, 15) is 9.18 Å². The number of nitrogens with zero attached hydrogens (tertiary/aromatic N) is 3. The van der Waals surface area contributed by atoms with Crippen LogP contribution in [0.15, 0.2) is 42.7 Å². The first-order chi connectivity index (χ1) is 9.97. The molecule has 21 heavy (non-hydrogen) atoms. The van der Waals surface area contributed by atoms with Gasteiger partial charge in [-0.1, -0.05) is 0 Å². The van der Waals surface area contributed by atoms with Crippen LogP contribution in [0.4, 0.5) is 4.39 Å². The van der Waals surface area contributed by atoms with Crippen molar-refractivity contribution in [1.29, 1.82) is 0 Å². The molecule has 0 aliphatic carbocycles. The van der Waals surface area contributed by atoms with Crippen molar-refractivity contribution < 1.29 is 9.18 Å². The quantitative estimate of drug-likeness (QED) is 0.495. The van der Waals surface area contributed by atoms with E-state index in [4.69, 9.17) is 11.6 Å². The van der Waals surface area contributed by atoms with E-state index >= 15 is 0 Å². The highest BCUT2D eigenvalue weighted by Crippen LogP contribution is 2.19. The fourth-order valence-corrected chi connectivity index (χ4v) is 1.89. The van der Waals surface area contributed by atoms with Crippen LogP contribution in [0.3, 0.4) is 0 Å². The minimum absolute atomic E-state index is 0.0593. The molecule has 0 saturated heterocycles. The van der Waals surface area contributed by atoms with Gasteiger partial charge in [-0.25, -0.2) is 14.4 Å². The third kappa shape index (κ3) is 3.86. The first-order valence-electron chi connectivity index (χ1n) is 6.15. The standard InChI is InChI=1S/C15H13ClFN3O/c1-20(2)9-12(13-7-8-18-15(16)19-13)14(21)10-3-5-11(17)6-4-10/h3-9H,1-2H3. The lowest BCUT2D eigenvalue weighted by molar-refractivity contribution is 0.105. The second-order valence-corrected chi connectivity index (χ2v) is 4.89. The molecule has 0 spiro atoms. The maximum absolute atomic E-state index is 13.0. The number of hydrogen-bond acceptors (Lipinski definition) is 4. The fourth-order valence-electron chi connectivity index (χ4n) is 1.74. The molecule has 0 N–H and O–H groups in total. The van der Waals surface area contributed by atoms with E-state index in [0.29, 0.717) is 16.8 Å². The lowest BCUT2D eigenvalue weighted by Gasteiger charge is -2.11. The van der Waals surface area contributed by atoms with Crippen molar-refractivity contribution in [2.24, 2.45) is 0 Å². The number of carbonyl (C=O) groups is 1. The molecule has 0 saturated carbocycles. The molecular formula is C15H13ClFN3O. The number of allylic oxidation sites excluding steroid dienone is 1. The molecule has 0 fully saturated rings. The molecule has 2 aromatic rings. The monoisotopic (exact) mass is 305 g/mol. The number of carbonyl (C=O) groups excluding carboxylic acids is 1. The van der Waals surface area contributed by atoms with Crippen LogP contribution in [-0.2, 0) is 0 Å². The van der Waals surface area contributed by atoms with Crippen molar-refractivity contribution in [2.75, 3.05) is 14.1 Å². The van der Waals surface area contributed by atoms with E-state index in [0.717, 1.165) is 0 Å². The average molecular weight is 306 g/mol. The van der Waals surface area contributed by atoms with E-state index in [2.05, 4.69) is 9.97 Å². The summed E-state index contributed by atoms with van der Waals surface area (Å²) in [4.78, 5) is 22.2. The summed E-state index contributed by atoms with van der Waals surface area (Å²) in [5.74, 6) is -0.659. The number of Topliss-reactive ketones (excluding diaryl/α,β-unsaturated/α-hetero) is 1. The first kappa shape index (κ1) is 15.1. The van der Waals surface area contributed by atoms with E-state index in [-0.39, 0.29) is 11.1 Å². The normalized spacial score (nSPS) is 11.3. The summed E-state index contributed by atoms with van der Waals surface area (Å²) in [6.45, 7) is 0. The van der Waals surface area contributed by atoms with Gasteiger partial charge < -0.3 is 4.90 Å². The Bertz CT molecular complexity index is 684. The molecule has 0 bridgehead atoms. The van der Waals surface area contributed by atoms with Crippen molar-refractivity contribution in [3.05, 3.63) is 65.1 Å². The Kier molecular flexibility index (Phi) is 4.65. The summed E-state index contributed by atoms with van der Waals surface area (Å²) >= 11 is 5.77. The molecule has 0 unspecified atom stereocenters. The van der Waals surface area contributed by atoms with Crippen molar-refractivity contribution in [1.82, 2.24) is 14.9 Å². The third-order valence-corrected chi connectivity index (χ3v) is 2.82. The largest absolute Gasteiger partial charge is 0.383 e. The maximum Gasteiger partial charge on any atom is 0.222 e. The van der Waals surface area contributed by atoms with Crippen LogP contribution in [0.1, 0.15) is 16.1 Å². The molecule has 1 aromatic carbocycles.